The first-order chi connectivity index (χ1) is 15.8. The van der Waals surface area contributed by atoms with Crippen LogP contribution in [-0.2, 0) is 9.53 Å². The molecule has 1 amide bonds. The molecule has 33 heavy (non-hydrogen) atoms. The normalized spacial score (nSPS) is 10.9. The molecular formula is C26H26N4O3. The maximum absolute atomic E-state index is 12.8. The van der Waals surface area contributed by atoms with Crippen LogP contribution >= 0.6 is 0 Å². The van der Waals surface area contributed by atoms with Crippen LogP contribution in [0, 0.1) is 34.6 Å². The van der Waals surface area contributed by atoms with Crippen LogP contribution in [0.5, 0.6) is 0 Å². The lowest BCUT2D eigenvalue weighted by Gasteiger charge is -2.12. The molecule has 4 rings (SSSR count). The maximum Gasteiger partial charge on any atom is 0.340 e. The number of nitrogens with zero attached hydrogens (tertiary/aromatic N) is 3. The second-order valence-electron chi connectivity index (χ2n) is 8.13. The number of hydrogen-bond acceptors (Lipinski definition) is 5. The van der Waals surface area contributed by atoms with Crippen LogP contribution in [0.15, 0.2) is 48.5 Å². The van der Waals surface area contributed by atoms with E-state index in [0.717, 1.165) is 33.4 Å². The van der Waals surface area contributed by atoms with E-state index in [0.29, 0.717) is 22.6 Å². The van der Waals surface area contributed by atoms with Gasteiger partial charge in [-0.25, -0.2) is 9.48 Å². The third-order valence-electron chi connectivity index (χ3n) is 5.71. The van der Waals surface area contributed by atoms with Crippen LogP contribution in [0.1, 0.15) is 38.6 Å². The minimum absolute atomic E-state index is 0.390. The standard InChI is InChI=1S/C26H26N4O3/c1-15-10-12-20(13-11-15)30-19(5)25(18(4)29-30)28-23(31)14-33-26(32)24-16(2)21-8-6-7-9-22(21)27-17(24)3/h6-13H,14H2,1-5H3,(H,28,31). The van der Waals surface area contributed by atoms with Crippen LogP contribution in [0.25, 0.3) is 16.6 Å². The van der Waals surface area contributed by atoms with Crippen molar-refractivity contribution in [3.05, 3.63) is 82.3 Å². The molecule has 0 aliphatic carbocycles. The number of ether oxygens (including phenoxy) is 1. The molecule has 0 saturated carbocycles. The molecule has 4 aromatic rings. The molecule has 0 spiro atoms. The van der Waals surface area contributed by atoms with Crippen LogP contribution < -0.4 is 5.32 Å². The van der Waals surface area contributed by atoms with Gasteiger partial charge in [-0.3, -0.25) is 9.78 Å². The highest BCUT2D eigenvalue weighted by atomic mass is 16.5. The Morgan fingerprint density at radius 1 is 0.939 bits per heavy atom. The Morgan fingerprint density at radius 3 is 2.36 bits per heavy atom. The van der Waals surface area contributed by atoms with E-state index in [1.54, 1.807) is 11.6 Å². The van der Waals surface area contributed by atoms with Gasteiger partial charge >= 0.3 is 5.97 Å². The average molecular weight is 443 g/mol. The van der Waals surface area contributed by atoms with E-state index in [4.69, 9.17) is 4.74 Å². The maximum atomic E-state index is 12.8. The van der Waals surface area contributed by atoms with Crippen molar-refractivity contribution in [1.82, 2.24) is 14.8 Å². The van der Waals surface area contributed by atoms with Crippen LogP contribution in [0.3, 0.4) is 0 Å². The summed E-state index contributed by atoms with van der Waals surface area (Å²) in [4.78, 5) is 29.9. The smallest absolute Gasteiger partial charge is 0.340 e. The minimum atomic E-state index is -0.567. The number of carbonyl (C=O) groups excluding carboxylic acids is 2. The zero-order valence-corrected chi connectivity index (χ0v) is 19.4. The van der Waals surface area contributed by atoms with Crippen molar-refractivity contribution in [2.45, 2.75) is 34.6 Å². The summed E-state index contributed by atoms with van der Waals surface area (Å²) in [5.74, 6) is -0.996. The monoisotopic (exact) mass is 442 g/mol. The van der Waals surface area contributed by atoms with Crippen LogP contribution in [0.4, 0.5) is 5.69 Å². The van der Waals surface area contributed by atoms with E-state index in [-0.39, 0.29) is 0 Å². The molecular weight excluding hydrogens is 416 g/mol. The number of esters is 1. The first-order valence-electron chi connectivity index (χ1n) is 10.7. The molecule has 7 heteroatoms. The zero-order chi connectivity index (χ0) is 23.7. The van der Waals surface area contributed by atoms with Crippen molar-refractivity contribution >= 4 is 28.5 Å². The third kappa shape index (κ3) is 4.35. The Labute approximate surface area is 192 Å². The average Bonchev–Trinajstić information content (AvgIpc) is 3.06. The van der Waals surface area contributed by atoms with Gasteiger partial charge in [0.1, 0.15) is 0 Å². The van der Waals surface area contributed by atoms with Gasteiger partial charge in [0.15, 0.2) is 6.61 Å². The number of para-hydroxylation sites is 1. The van der Waals surface area contributed by atoms with Gasteiger partial charge in [-0.15, -0.1) is 0 Å². The lowest BCUT2D eigenvalue weighted by molar-refractivity contribution is -0.119. The topological polar surface area (TPSA) is 86.1 Å². The van der Waals surface area contributed by atoms with Crippen LogP contribution in [0.2, 0.25) is 0 Å². The highest BCUT2D eigenvalue weighted by Crippen LogP contribution is 2.24. The SMILES string of the molecule is Cc1ccc(-n2nc(C)c(NC(=O)COC(=O)c3c(C)nc4ccccc4c3C)c2C)cc1. The Balaban J connectivity index is 1.48. The molecule has 2 aromatic carbocycles. The molecule has 0 atom stereocenters. The number of rotatable bonds is 5. The first-order valence-corrected chi connectivity index (χ1v) is 10.7. The fourth-order valence-electron chi connectivity index (χ4n) is 3.97. The number of carbonyl (C=O) groups is 2. The molecule has 0 aliphatic rings. The van der Waals surface area contributed by atoms with E-state index in [9.17, 15) is 9.59 Å². The Morgan fingerprint density at radius 2 is 1.64 bits per heavy atom. The fraction of sp³-hybridized carbons (Fsp3) is 0.231. The van der Waals surface area contributed by atoms with Gasteiger partial charge in [0.2, 0.25) is 0 Å². The molecule has 2 heterocycles. The molecule has 168 valence electrons. The number of aryl methyl sites for hydroxylation is 4. The number of anilines is 1. The number of hydrogen-bond donors (Lipinski definition) is 1. The summed E-state index contributed by atoms with van der Waals surface area (Å²) in [6.07, 6.45) is 0. The van der Waals surface area contributed by atoms with Crippen molar-refractivity contribution in [2.75, 3.05) is 11.9 Å². The van der Waals surface area contributed by atoms with Gasteiger partial charge in [0, 0.05) is 5.39 Å². The molecule has 2 aromatic heterocycles. The second kappa shape index (κ2) is 8.86. The number of fused-ring (bicyclic) bond motifs is 1. The number of benzene rings is 2. The van der Waals surface area contributed by atoms with E-state index >= 15 is 0 Å². The third-order valence-corrected chi connectivity index (χ3v) is 5.71. The van der Waals surface area contributed by atoms with Gasteiger partial charge in [-0.05, 0) is 58.4 Å². The van der Waals surface area contributed by atoms with Crippen molar-refractivity contribution < 1.29 is 14.3 Å². The predicted molar refractivity (Wildman–Crippen MR) is 128 cm³/mol. The predicted octanol–water partition coefficient (Wildman–Crippen LogP) is 4.76. The lowest BCUT2D eigenvalue weighted by atomic mass is 10.0. The van der Waals surface area contributed by atoms with E-state index in [1.165, 1.54) is 0 Å². The van der Waals surface area contributed by atoms with E-state index < -0.39 is 18.5 Å². The highest BCUT2D eigenvalue weighted by Gasteiger charge is 2.20. The summed E-state index contributed by atoms with van der Waals surface area (Å²) >= 11 is 0. The van der Waals surface area contributed by atoms with E-state index in [2.05, 4.69) is 15.4 Å². The number of aromatic nitrogens is 3. The summed E-state index contributed by atoms with van der Waals surface area (Å²) < 4.78 is 7.12. The molecule has 0 aliphatic heterocycles. The van der Waals surface area contributed by atoms with Gasteiger partial charge in [-0.1, -0.05) is 35.9 Å². The largest absolute Gasteiger partial charge is 0.452 e. The molecule has 0 bridgehead atoms. The zero-order valence-electron chi connectivity index (χ0n) is 19.4. The fourth-order valence-corrected chi connectivity index (χ4v) is 3.97. The van der Waals surface area contributed by atoms with Gasteiger partial charge in [-0.2, -0.15) is 5.10 Å². The number of amides is 1. The molecule has 0 saturated heterocycles. The number of nitrogens with one attached hydrogen (secondary N) is 1. The Hall–Kier alpha value is -4.00. The molecule has 7 nitrogen and oxygen atoms in total. The summed E-state index contributed by atoms with van der Waals surface area (Å²) in [5, 5.41) is 8.26. The quantitative estimate of drug-likeness (QED) is 0.451. The second-order valence-corrected chi connectivity index (χ2v) is 8.13. The summed E-state index contributed by atoms with van der Waals surface area (Å²) in [5.41, 5.74) is 6.71. The molecule has 0 radical (unpaired) electrons. The van der Waals surface area contributed by atoms with Crippen molar-refractivity contribution in [3.8, 4) is 5.69 Å². The van der Waals surface area contributed by atoms with Crippen LogP contribution in [-0.4, -0.2) is 33.2 Å². The van der Waals surface area contributed by atoms with Crippen molar-refractivity contribution in [2.24, 2.45) is 0 Å². The molecule has 0 unspecified atom stereocenters. The Kier molecular flexibility index (Phi) is 5.96. The number of pyridine rings is 1. The summed E-state index contributed by atoms with van der Waals surface area (Å²) in [7, 11) is 0. The van der Waals surface area contributed by atoms with Gasteiger partial charge in [0.05, 0.1) is 39.5 Å². The summed E-state index contributed by atoms with van der Waals surface area (Å²) in [6.45, 7) is 8.96. The van der Waals surface area contributed by atoms with Gasteiger partial charge in [0.25, 0.3) is 5.91 Å². The highest BCUT2D eigenvalue weighted by molar-refractivity contribution is 6.00. The molecule has 1 N–H and O–H groups in total. The summed E-state index contributed by atoms with van der Waals surface area (Å²) in [6, 6.07) is 15.6. The lowest BCUT2D eigenvalue weighted by Crippen LogP contribution is -2.22. The minimum Gasteiger partial charge on any atom is -0.452 e. The van der Waals surface area contributed by atoms with Gasteiger partial charge < -0.3 is 10.1 Å². The van der Waals surface area contributed by atoms with E-state index in [1.807, 2.05) is 76.2 Å². The van der Waals surface area contributed by atoms with Crippen molar-refractivity contribution in [1.29, 1.82) is 0 Å². The first kappa shape index (κ1) is 22.2. The van der Waals surface area contributed by atoms with Crippen molar-refractivity contribution in [3.63, 3.8) is 0 Å². The Bertz CT molecular complexity index is 1370. The molecule has 0 fully saturated rings.